The Balaban J connectivity index is 0.000000383. The molecule has 7 heteroatoms. The minimum atomic E-state index is -4.69. The molecule has 0 bridgehead atoms. The lowest BCUT2D eigenvalue weighted by atomic mass is 10.3. The highest BCUT2D eigenvalue weighted by atomic mass is 35.7. The molecule has 6 nitrogen and oxygen atoms in total. The van der Waals surface area contributed by atoms with Gasteiger partial charge in [0.15, 0.2) is 0 Å². The van der Waals surface area contributed by atoms with E-state index in [4.69, 9.17) is 23.4 Å². The number of rotatable bonds is 7. The molecule has 0 aromatic heterocycles. The third-order valence-corrected chi connectivity index (χ3v) is 2.82. The average molecular weight is 318 g/mol. The summed E-state index contributed by atoms with van der Waals surface area (Å²) >= 11 is 0. The molecule has 0 heterocycles. The molecule has 0 amide bonds. The van der Waals surface area contributed by atoms with E-state index in [2.05, 4.69) is 11.5 Å². The summed E-state index contributed by atoms with van der Waals surface area (Å²) in [4.78, 5) is 2.44. The first kappa shape index (κ1) is 17.9. The van der Waals surface area contributed by atoms with Crippen LogP contribution in [0.15, 0.2) is 43.0 Å². The molecular formula is C14H20ClNO5. The van der Waals surface area contributed by atoms with Gasteiger partial charge in [-0.15, -0.1) is 6.58 Å². The maximum atomic E-state index is 8.60. The number of benzene rings is 1. The van der Waals surface area contributed by atoms with Crippen molar-refractivity contribution in [3.05, 3.63) is 43.0 Å². The van der Waals surface area contributed by atoms with Crippen LogP contribution in [-0.2, 0) is 0 Å². The number of hydrogen-bond donors (Lipinski definition) is 1. The second-order valence-electron chi connectivity index (χ2n) is 4.57. The summed E-state index contributed by atoms with van der Waals surface area (Å²) in [6, 6.07) is 10.8. The summed E-state index contributed by atoms with van der Waals surface area (Å²) in [5.74, 6) is 0.955. The molecule has 0 saturated heterocycles. The average Bonchev–Trinajstić information content (AvgIpc) is 3.21. The van der Waals surface area contributed by atoms with Gasteiger partial charge in [-0.25, -0.2) is 0 Å². The highest BCUT2D eigenvalue weighted by Gasteiger charge is 2.27. The molecule has 1 aromatic rings. The van der Waals surface area contributed by atoms with Crippen LogP contribution >= 0.6 is 0 Å². The lowest BCUT2D eigenvalue weighted by molar-refractivity contribution is -1.92. The number of nitrogens with zero attached hydrogens (tertiary/aromatic N) is 1. The first-order valence-corrected chi connectivity index (χ1v) is 7.82. The summed E-state index contributed by atoms with van der Waals surface area (Å²) in [5.41, 5.74) is 0. The van der Waals surface area contributed by atoms with Gasteiger partial charge in [-0.3, -0.25) is 4.90 Å². The summed E-state index contributed by atoms with van der Waals surface area (Å²) < 4.78 is 38.4. The van der Waals surface area contributed by atoms with Crippen molar-refractivity contribution in [3.8, 4) is 5.75 Å². The molecule has 1 fully saturated rings. The largest absolute Gasteiger partial charge is 0.492 e. The normalized spacial score (nSPS) is 14.3. The van der Waals surface area contributed by atoms with Gasteiger partial charge in [-0.1, -0.05) is 24.3 Å². The van der Waals surface area contributed by atoms with E-state index >= 15 is 0 Å². The number of para-hydroxylation sites is 1. The van der Waals surface area contributed by atoms with E-state index in [0.29, 0.717) is 0 Å². The van der Waals surface area contributed by atoms with Crippen LogP contribution in [-0.4, -0.2) is 35.3 Å². The minimum Gasteiger partial charge on any atom is -0.492 e. The third kappa shape index (κ3) is 10.3. The molecule has 0 spiro atoms. The van der Waals surface area contributed by atoms with Crippen LogP contribution in [0.5, 0.6) is 5.75 Å². The Bertz CT molecular complexity index is 400. The van der Waals surface area contributed by atoms with Crippen LogP contribution in [0, 0.1) is 10.2 Å². The second-order valence-corrected chi connectivity index (χ2v) is 5.36. The topological polar surface area (TPSA) is 102 Å². The first-order valence-electron chi connectivity index (χ1n) is 6.56. The van der Waals surface area contributed by atoms with Crippen molar-refractivity contribution in [2.45, 2.75) is 18.9 Å². The monoisotopic (exact) mass is 317 g/mol. The quantitative estimate of drug-likeness (QED) is 0.620. The van der Waals surface area contributed by atoms with Crippen molar-refractivity contribution in [2.24, 2.45) is 0 Å². The van der Waals surface area contributed by atoms with E-state index < -0.39 is 10.2 Å². The van der Waals surface area contributed by atoms with Gasteiger partial charge in [0.05, 0.1) is 14.9 Å². The smallest absolute Gasteiger partial charge is 0.119 e. The van der Waals surface area contributed by atoms with Crippen molar-refractivity contribution in [1.82, 2.24) is 4.90 Å². The predicted octanol–water partition coefficient (Wildman–Crippen LogP) is -1.41. The SMILES string of the molecule is C=CCN(CCOc1ccccc1)C1CC1.[O-][Cl+3]([O-])([O-])O. The fraction of sp³-hybridized carbons (Fsp3) is 0.429. The highest BCUT2D eigenvalue weighted by Crippen LogP contribution is 2.26. The predicted molar refractivity (Wildman–Crippen MR) is 68.9 cm³/mol. The van der Waals surface area contributed by atoms with Gasteiger partial charge in [0.1, 0.15) is 12.4 Å². The fourth-order valence-corrected chi connectivity index (χ4v) is 1.83. The summed E-state index contributed by atoms with van der Waals surface area (Å²) in [7, 11) is -4.69. The molecule has 1 aliphatic carbocycles. The van der Waals surface area contributed by atoms with E-state index in [-0.39, 0.29) is 0 Å². The van der Waals surface area contributed by atoms with Gasteiger partial charge in [0, 0.05) is 19.1 Å². The molecule has 2 rings (SSSR count). The molecule has 1 saturated carbocycles. The Labute approximate surface area is 126 Å². The molecule has 0 radical (unpaired) electrons. The van der Waals surface area contributed by atoms with Gasteiger partial charge < -0.3 is 4.74 Å². The van der Waals surface area contributed by atoms with Crippen molar-refractivity contribution in [2.75, 3.05) is 19.7 Å². The van der Waals surface area contributed by atoms with Gasteiger partial charge in [-0.2, -0.15) is 14.0 Å². The zero-order valence-electron chi connectivity index (χ0n) is 11.7. The Morgan fingerprint density at radius 2 is 1.86 bits per heavy atom. The zero-order chi connectivity index (χ0) is 15.7. The molecule has 0 aliphatic heterocycles. The van der Waals surface area contributed by atoms with Crippen LogP contribution in [0.1, 0.15) is 12.8 Å². The molecule has 118 valence electrons. The van der Waals surface area contributed by atoms with E-state index in [1.807, 2.05) is 36.4 Å². The highest BCUT2D eigenvalue weighted by molar-refractivity contribution is 5.20. The molecule has 1 aromatic carbocycles. The maximum absolute atomic E-state index is 8.60. The lowest BCUT2D eigenvalue weighted by Crippen LogP contribution is -2.58. The van der Waals surface area contributed by atoms with E-state index in [0.717, 1.165) is 31.5 Å². The van der Waals surface area contributed by atoms with Gasteiger partial charge in [-0.05, 0) is 25.0 Å². The Hall–Kier alpha value is -1.15. The summed E-state index contributed by atoms with van der Waals surface area (Å²) in [6.07, 6.45) is 4.64. The van der Waals surface area contributed by atoms with Crippen LogP contribution in [0.2, 0.25) is 0 Å². The van der Waals surface area contributed by atoms with E-state index in [1.54, 1.807) is 0 Å². The number of halogens is 1. The molecule has 1 N–H and O–H groups in total. The number of ether oxygens (including phenoxy) is 1. The van der Waals surface area contributed by atoms with E-state index in [9.17, 15) is 0 Å². The fourth-order valence-electron chi connectivity index (χ4n) is 1.83. The van der Waals surface area contributed by atoms with Crippen LogP contribution < -0.4 is 18.7 Å². The van der Waals surface area contributed by atoms with Gasteiger partial charge in [0.25, 0.3) is 0 Å². The first-order chi connectivity index (χ1) is 9.90. The molecular weight excluding hydrogens is 298 g/mol. The zero-order valence-corrected chi connectivity index (χ0v) is 12.4. The van der Waals surface area contributed by atoms with Gasteiger partial charge >= 0.3 is 0 Å². The molecule has 1 aliphatic rings. The van der Waals surface area contributed by atoms with E-state index in [1.165, 1.54) is 12.8 Å². The Kier molecular flexibility index (Phi) is 7.66. The van der Waals surface area contributed by atoms with Crippen molar-refractivity contribution >= 4 is 0 Å². The van der Waals surface area contributed by atoms with Crippen molar-refractivity contribution in [1.29, 1.82) is 0 Å². The second kappa shape index (κ2) is 8.99. The molecule has 21 heavy (non-hydrogen) atoms. The van der Waals surface area contributed by atoms with Crippen LogP contribution in [0.4, 0.5) is 0 Å². The maximum Gasteiger partial charge on any atom is 0.119 e. The van der Waals surface area contributed by atoms with Crippen molar-refractivity contribution < 1.29 is 33.6 Å². The summed E-state index contributed by atoms with van der Waals surface area (Å²) in [5, 5.41) is 0. The standard InChI is InChI=1S/C14H19NO.ClHO4/c1-2-10-15(13-8-9-13)11-12-16-14-6-4-3-5-7-14;2-1(3,4)5/h2-7,13H,1,8-12H2;(H,2,3,4,5). The van der Waals surface area contributed by atoms with Crippen LogP contribution in [0.3, 0.4) is 0 Å². The third-order valence-electron chi connectivity index (χ3n) is 2.82. The number of hydrogen-bond acceptors (Lipinski definition) is 6. The van der Waals surface area contributed by atoms with Crippen LogP contribution in [0.25, 0.3) is 0 Å². The van der Waals surface area contributed by atoms with Crippen molar-refractivity contribution in [3.63, 3.8) is 0 Å². The summed E-state index contributed by atoms with van der Waals surface area (Å²) in [6.45, 7) is 6.52. The minimum absolute atomic E-state index is 0.758. The lowest BCUT2D eigenvalue weighted by Gasteiger charge is -2.19. The molecule has 0 atom stereocenters. The Morgan fingerprint density at radius 1 is 1.29 bits per heavy atom. The molecule has 0 unspecified atom stereocenters. The Morgan fingerprint density at radius 3 is 2.33 bits per heavy atom. The van der Waals surface area contributed by atoms with Gasteiger partial charge in [0.2, 0.25) is 0 Å².